The van der Waals surface area contributed by atoms with E-state index in [1.807, 2.05) is 17.4 Å². The first-order valence-electron chi connectivity index (χ1n) is 9.39. The van der Waals surface area contributed by atoms with Crippen molar-refractivity contribution in [2.24, 2.45) is 5.92 Å². The summed E-state index contributed by atoms with van der Waals surface area (Å²) >= 11 is 1.90. The van der Waals surface area contributed by atoms with Gasteiger partial charge in [-0.05, 0) is 54.0 Å². The van der Waals surface area contributed by atoms with Gasteiger partial charge in [0.05, 0.1) is 12.0 Å². The molecule has 26 heavy (non-hydrogen) atoms. The quantitative estimate of drug-likeness (QED) is 0.354. The van der Waals surface area contributed by atoms with Gasteiger partial charge in [-0.2, -0.15) is 0 Å². The van der Waals surface area contributed by atoms with Gasteiger partial charge in [0.15, 0.2) is 0 Å². The van der Waals surface area contributed by atoms with E-state index in [2.05, 4.69) is 37.3 Å². The van der Waals surface area contributed by atoms with Gasteiger partial charge in [-0.3, -0.25) is 0 Å². The summed E-state index contributed by atoms with van der Waals surface area (Å²) in [5.74, 6) is 1.76. The molecule has 1 aromatic carbocycles. The number of nitrogens with zero attached hydrogens (tertiary/aromatic N) is 1. The first-order valence-corrected chi connectivity index (χ1v) is 10.2. The maximum absolute atomic E-state index is 5.91. The number of furan rings is 1. The summed E-state index contributed by atoms with van der Waals surface area (Å²) < 4.78 is 5.91. The van der Waals surface area contributed by atoms with Crippen LogP contribution in [-0.4, -0.2) is 4.98 Å². The second kappa shape index (κ2) is 5.31. The average molecular weight is 357 g/mol. The molecule has 0 saturated carbocycles. The fourth-order valence-electron chi connectivity index (χ4n) is 4.69. The van der Waals surface area contributed by atoms with Crippen molar-refractivity contribution in [3.63, 3.8) is 0 Å². The van der Waals surface area contributed by atoms with Crippen LogP contribution in [0.4, 0.5) is 0 Å². The monoisotopic (exact) mass is 357 g/mol. The first-order chi connectivity index (χ1) is 12.8. The van der Waals surface area contributed by atoms with Crippen LogP contribution < -0.4 is 0 Å². The molecule has 2 aliphatic rings. The smallest absolute Gasteiger partial charge is 0.134 e. The molecule has 2 nitrogen and oxygen atoms in total. The van der Waals surface area contributed by atoms with E-state index in [-0.39, 0.29) is 0 Å². The highest BCUT2D eigenvalue weighted by Gasteiger charge is 2.30. The molecule has 4 aromatic rings. The molecule has 0 amide bonds. The molecular weight excluding hydrogens is 338 g/mol. The number of hydrogen-bond donors (Lipinski definition) is 0. The maximum atomic E-state index is 5.91. The molecule has 1 unspecified atom stereocenters. The van der Waals surface area contributed by atoms with E-state index in [4.69, 9.17) is 9.40 Å². The summed E-state index contributed by atoms with van der Waals surface area (Å²) in [6, 6.07) is 12.8. The van der Waals surface area contributed by atoms with Gasteiger partial charge in [0.1, 0.15) is 10.6 Å². The predicted octanol–water partition coefficient (Wildman–Crippen LogP) is 6.25. The Labute approximate surface area is 156 Å². The Kier molecular flexibility index (Phi) is 3.01. The number of fused-ring (bicyclic) bond motifs is 6. The van der Waals surface area contributed by atoms with Crippen molar-refractivity contribution in [3.05, 3.63) is 64.2 Å². The van der Waals surface area contributed by atoms with Crippen LogP contribution in [0.5, 0.6) is 0 Å². The lowest BCUT2D eigenvalue weighted by Crippen LogP contribution is -2.08. The third-order valence-electron chi connectivity index (χ3n) is 5.95. The van der Waals surface area contributed by atoms with Crippen LogP contribution >= 0.6 is 11.3 Å². The van der Waals surface area contributed by atoms with E-state index in [0.717, 1.165) is 30.2 Å². The van der Waals surface area contributed by atoms with Crippen LogP contribution in [0.25, 0.3) is 32.8 Å². The Balaban J connectivity index is 1.73. The van der Waals surface area contributed by atoms with E-state index >= 15 is 0 Å². The van der Waals surface area contributed by atoms with Crippen LogP contribution in [0.3, 0.4) is 0 Å². The average Bonchev–Trinajstić information content (AvgIpc) is 3.36. The van der Waals surface area contributed by atoms with Gasteiger partial charge < -0.3 is 4.42 Å². The van der Waals surface area contributed by atoms with Gasteiger partial charge in [-0.25, -0.2) is 4.98 Å². The van der Waals surface area contributed by atoms with Gasteiger partial charge in [-0.15, -0.1) is 11.3 Å². The van der Waals surface area contributed by atoms with Crippen molar-refractivity contribution < 1.29 is 4.42 Å². The Morgan fingerprint density at radius 2 is 2.04 bits per heavy atom. The number of pyridine rings is 1. The standard InChI is InChI=1S/C23H19NOS/c1-13-8-9-16-19(11-13)26-23-21(16)20(18-7-4-10-25-18)17-12-14-5-2-3-6-15(14)22(17)24-23/h2-7,10,13H,8-9,11-12H2,1H3. The topological polar surface area (TPSA) is 26.0 Å². The first kappa shape index (κ1) is 14.7. The van der Waals surface area contributed by atoms with Crippen molar-refractivity contribution in [1.29, 1.82) is 0 Å². The number of hydrogen-bond acceptors (Lipinski definition) is 3. The fraction of sp³-hybridized carbons (Fsp3) is 0.261. The molecule has 1 atom stereocenters. The SMILES string of the molecule is CC1CCc2c(sc3nc4c(c(-c5ccco5)c23)Cc2ccccc2-4)C1. The van der Waals surface area contributed by atoms with Crippen molar-refractivity contribution >= 4 is 21.6 Å². The summed E-state index contributed by atoms with van der Waals surface area (Å²) in [6.45, 7) is 2.37. The zero-order chi connectivity index (χ0) is 17.3. The van der Waals surface area contributed by atoms with Gasteiger partial charge in [0.25, 0.3) is 0 Å². The van der Waals surface area contributed by atoms with Gasteiger partial charge in [-0.1, -0.05) is 31.2 Å². The van der Waals surface area contributed by atoms with Crippen LogP contribution in [0.15, 0.2) is 47.1 Å². The summed E-state index contributed by atoms with van der Waals surface area (Å²) in [5.41, 5.74) is 7.98. The van der Waals surface area contributed by atoms with Crippen LogP contribution in [0.2, 0.25) is 0 Å². The van der Waals surface area contributed by atoms with E-state index in [1.54, 1.807) is 6.26 Å². The van der Waals surface area contributed by atoms with E-state index in [9.17, 15) is 0 Å². The number of benzene rings is 1. The predicted molar refractivity (Wildman–Crippen MR) is 107 cm³/mol. The van der Waals surface area contributed by atoms with Crippen molar-refractivity contribution in [3.8, 4) is 22.6 Å². The highest BCUT2D eigenvalue weighted by Crippen LogP contribution is 2.48. The van der Waals surface area contributed by atoms with E-state index in [1.165, 1.54) is 55.8 Å². The van der Waals surface area contributed by atoms with Crippen molar-refractivity contribution in [2.75, 3.05) is 0 Å². The second-order valence-corrected chi connectivity index (χ2v) is 8.74. The zero-order valence-electron chi connectivity index (χ0n) is 14.7. The summed E-state index contributed by atoms with van der Waals surface area (Å²) in [5, 5.41) is 1.36. The normalized spacial score (nSPS) is 18.0. The zero-order valence-corrected chi connectivity index (χ0v) is 15.5. The number of aryl methyl sites for hydroxylation is 1. The molecule has 128 valence electrons. The third-order valence-corrected chi connectivity index (χ3v) is 7.10. The molecule has 0 N–H and O–H groups in total. The second-order valence-electron chi connectivity index (χ2n) is 7.66. The minimum absolute atomic E-state index is 0.773. The molecule has 0 saturated heterocycles. The number of rotatable bonds is 1. The highest BCUT2D eigenvalue weighted by molar-refractivity contribution is 7.19. The summed E-state index contributed by atoms with van der Waals surface area (Å²) in [4.78, 5) is 7.90. The third kappa shape index (κ3) is 1.95. The van der Waals surface area contributed by atoms with Gasteiger partial charge in [0.2, 0.25) is 0 Å². The molecule has 3 heteroatoms. The molecular formula is C23H19NOS. The number of aromatic nitrogens is 1. The molecule has 2 aliphatic carbocycles. The molecule has 0 fully saturated rings. The summed E-state index contributed by atoms with van der Waals surface area (Å²) in [6.07, 6.45) is 6.36. The van der Waals surface area contributed by atoms with Crippen LogP contribution in [0, 0.1) is 5.92 Å². The molecule has 3 aromatic heterocycles. The molecule has 0 aliphatic heterocycles. The van der Waals surface area contributed by atoms with Gasteiger partial charge in [0, 0.05) is 27.8 Å². The Bertz CT molecular complexity index is 1150. The molecule has 0 spiro atoms. The molecule has 3 heterocycles. The Hall–Kier alpha value is -2.39. The van der Waals surface area contributed by atoms with Crippen LogP contribution in [0.1, 0.15) is 34.9 Å². The number of thiophene rings is 1. The Morgan fingerprint density at radius 3 is 2.92 bits per heavy atom. The molecule has 6 rings (SSSR count). The van der Waals surface area contributed by atoms with E-state index < -0.39 is 0 Å². The molecule has 0 radical (unpaired) electrons. The van der Waals surface area contributed by atoms with Crippen LogP contribution in [-0.2, 0) is 19.3 Å². The Morgan fingerprint density at radius 1 is 1.12 bits per heavy atom. The van der Waals surface area contributed by atoms with E-state index in [0.29, 0.717) is 0 Å². The molecule has 0 bridgehead atoms. The van der Waals surface area contributed by atoms with Crippen molar-refractivity contribution in [2.45, 2.75) is 32.6 Å². The lowest BCUT2D eigenvalue weighted by Gasteiger charge is -2.18. The van der Waals surface area contributed by atoms with Crippen molar-refractivity contribution in [1.82, 2.24) is 4.98 Å². The fourth-order valence-corrected chi connectivity index (χ4v) is 6.09. The minimum Gasteiger partial charge on any atom is -0.464 e. The van der Waals surface area contributed by atoms with Gasteiger partial charge >= 0.3 is 0 Å². The largest absolute Gasteiger partial charge is 0.464 e. The maximum Gasteiger partial charge on any atom is 0.134 e. The lowest BCUT2D eigenvalue weighted by molar-refractivity contribution is 0.509. The highest BCUT2D eigenvalue weighted by atomic mass is 32.1. The minimum atomic E-state index is 0.773. The summed E-state index contributed by atoms with van der Waals surface area (Å²) in [7, 11) is 0. The lowest BCUT2D eigenvalue weighted by atomic mass is 9.87.